The van der Waals surface area contributed by atoms with E-state index in [0.29, 0.717) is 0 Å². The standard InChI is InChI=1S/C11H8N2S/c1-7-2-3-10-11(13-7)8-6-12-5-4-9(8)14-10/h2-6H,1H3. The van der Waals surface area contributed by atoms with Crippen LogP contribution in [0.4, 0.5) is 0 Å². The largest absolute Gasteiger partial charge is 0.264 e. The Labute approximate surface area is 85.2 Å². The molecule has 0 saturated heterocycles. The second-order valence-electron chi connectivity index (χ2n) is 3.27. The van der Waals surface area contributed by atoms with Crippen LogP contribution in [0, 0.1) is 6.92 Å². The fourth-order valence-corrected chi connectivity index (χ4v) is 2.60. The van der Waals surface area contributed by atoms with Gasteiger partial charge in [-0.05, 0) is 25.1 Å². The second-order valence-corrected chi connectivity index (χ2v) is 4.36. The van der Waals surface area contributed by atoms with Crippen molar-refractivity contribution in [1.82, 2.24) is 9.97 Å². The molecule has 0 saturated carbocycles. The zero-order valence-corrected chi connectivity index (χ0v) is 8.51. The van der Waals surface area contributed by atoms with Gasteiger partial charge in [-0.3, -0.25) is 9.97 Å². The SMILES string of the molecule is Cc1ccc2sc3ccncc3c2n1. The number of thiophene rings is 1. The van der Waals surface area contributed by atoms with Gasteiger partial charge in [0.15, 0.2) is 0 Å². The Morgan fingerprint density at radius 2 is 2.07 bits per heavy atom. The van der Waals surface area contributed by atoms with Crippen LogP contribution in [0.15, 0.2) is 30.6 Å². The van der Waals surface area contributed by atoms with Gasteiger partial charge >= 0.3 is 0 Å². The summed E-state index contributed by atoms with van der Waals surface area (Å²) in [6.45, 7) is 2.01. The van der Waals surface area contributed by atoms with Crippen molar-refractivity contribution in [2.75, 3.05) is 0 Å². The number of aryl methyl sites for hydroxylation is 1. The van der Waals surface area contributed by atoms with E-state index in [4.69, 9.17) is 0 Å². The van der Waals surface area contributed by atoms with E-state index in [1.54, 1.807) is 11.3 Å². The van der Waals surface area contributed by atoms with Gasteiger partial charge in [0.05, 0.1) is 10.2 Å². The van der Waals surface area contributed by atoms with E-state index in [2.05, 4.69) is 16.0 Å². The number of pyridine rings is 2. The predicted molar refractivity (Wildman–Crippen MR) is 59.7 cm³/mol. The van der Waals surface area contributed by atoms with Gasteiger partial charge in [-0.1, -0.05) is 0 Å². The van der Waals surface area contributed by atoms with Crippen LogP contribution < -0.4 is 0 Å². The van der Waals surface area contributed by atoms with Crippen molar-refractivity contribution in [3.63, 3.8) is 0 Å². The van der Waals surface area contributed by atoms with Gasteiger partial charge in [-0.2, -0.15) is 0 Å². The van der Waals surface area contributed by atoms with E-state index in [-0.39, 0.29) is 0 Å². The fraction of sp³-hybridized carbons (Fsp3) is 0.0909. The highest BCUT2D eigenvalue weighted by Crippen LogP contribution is 2.31. The molecular weight excluding hydrogens is 192 g/mol. The molecule has 3 rings (SSSR count). The Bertz CT molecular complexity index is 613. The highest BCUT2D eigenvalue weighted by Gasteiger charge is 2.05. The molecule has 0 unspecified atom stereocenters. The van der Waals surface area contributed by atoms with Gasteiger partial charge in [0.1, 0.15) is 0 Å². The number of nitrogens with zero attached hydrogens (tertiary/aromatic N) is 2. The van der Waals surface area contributed by atoms with Crippen LogP contribution in [0.3, 0.4) is 0 Å². The monoisotopic (exact) mass is 200 g/mol. The summed E-state index contributed by atoms with van der Waals surface area (Å²) in [5.41, 5.74) is 2.14. The third-order valence-corrected chi connectivity index (χ3v) is 3.38. The zero-order chi connectivity index (χ0) is 9.54. The first-order chi connectivity index (χ1) is 6.84. The lowest BCUT2D eigenvalue weighted by Gasteiger charge is -1.91. The molecule has 0 amide bonds. The molecule has 2 nitrogen and oxygen atoms in total. The quantitative estimate of drug-likeness (QED) is 0.557. The van der Waals surface area contributed by atoms with E-state index in [0.717, 1.165) is 16.6 Å². The summed E-state index contributed by atoms with van der Waals surface area (Å²) in [6, 6.07) is 6.21. The summed E-state index contributed by atoms with van der Waals surface area (Å²) in [4.78, 5) is 8.67. The van der Waals surface area contributed by atoms with Crippen molar-refractivity contribution in [2.45, 2.75) is 6.92 Å². The topological polar surface area (TPSA) is 25.8 Å². The lowest BCUT2D eigenvalue weighted by molar-refractivity contribution is 1.26. The first-order valence-corrected chi connectivity index (χ1v) is 5.26. The van der Waals surface area contributed by atoms with Crippen molar-refractivity contribution >= 4 is 31.6 Å². The molecule has 0 aromatic carbocycles. The molecule has 3 heteroatoms. The Balaban J connectivity index is 2.58. The van der Waals surface area contributed by atoms with Crippen LogP contribution in [-0.2, 0) is 0 Å². The molecule has 14 heavy (non-hydrogen) atoms. The van der Waals surface area contributed by atoms with E-state index in [1.165, 1.54) is 9.40 Å². The van der Waals surface area contributed by atoms with Gasteiger partial charge in [0, 0.05) is 28.2 Å². The van der Waals surface area contributed by atoms with Crippen LogP contribution in [0.25, 0.3) is 20.3 Å². The van der Waals surface area contributed by atoms with Crippen molar-refractivity contribution < 1.29 is 0 Å². The highest BCUT2D eigenvalue weighted by molar-refractivity contribution is 7.25. The van der Waals surface area contributed by atoms with Crippen molar-refractivity contribution in [3.05, 3.63) is 36.3 Å². The normalized spacial score (nSPS) is 11.2. The van der Waals surface area contributed by atoms with Gasteiger partial charge in [-0.15, -0.1) is 11.3 Å². The first-order valence-electron chi connectivity index (χ1n) is 4.44. The van der Waals surface area contributed by atoms with Crippen LogP contribution in [0.5, 0.6) is 0 Å². The Kier molecular flexibility index (Phi) is 1.55. The van der Waals surface area contributed by atoms with E-state index in [1.807, 2.05) is 31.5 Å². The molecule has 0 bridgehead atoms. The summed E-state index contributed by atoms with van der Waals surface area (Å²) in [7, 11) is 0. The Morgan fingerprint density at radius 1 is 1.14 bits per heavy atom. The maximum absolute atomic E-state index is 4.53. The molecule has 3 aromatic heterocycles. The lowest BCUT2D eigenvalue weighted by Crippen LogP contribution is -1.79. The average molecular weight is 200 g/mol. The Morgan fingerprint density at radius 3 is 3.00 bits per heavy atom. The minimum Gasteiger partial charge on any atom is -0.264 e. The molecule has 68 valence electrons. The molecule has 0 fully saturated rings. The van der Waals surface area contributed by atoms with Crippen LogP contribution in [0.1, 0.15) is 5.69 Å². The molecule has 0 radical (unpaired) electrons. The first kappa shape index (κ1) is 7.88. The highest BCUT2D eigenvalue weighted by atomic mass is 32.1. The van der Waals surface area contributed by atoms with Crippen molar-refractivity contribution in [1.29, 1.82) is 0 Å². The van der Waals surface area contributed by atoms with E-state index in [9.17, 15) is 0 Å². The van der Waals surface area contributed by atoms with Gasteiger partial charge in [-0.25, -0.2) is 0 Å². The molecule has 3 heterocycles. The third-order valence-electron chi connectivity index (χ3n) is 2.25. The van der Waals surface area contributed by atoms with Crippen molar-refractivity contribution in [3.8, 4) is 0 Å². The maximum atomic E-state index is 4.53. The minimum absolute atomic E-state index is 1.06. The smallest absolute Gasteiger partial charge is 0.0907 e. The molecule has 0 N–H and O–H groups in total. The fourth-order valence-electron chi connectivity index (χ4n) is 1.59. The van der Waals surface area contributed by atoms with Crippen LogP contribution in [-0.4, -0.2) is 9.97 Å². The predicted octanol–water partition coefficient (Wildman–Crippen LogP) is 3.15. The summed E-state index contributed by atoms with van der Waals surface area (Å²) in [6.07, 6.45) is 3.71. The van der Waals surface area contributed by atoms with E-state index < -0.39 is 0 Å². The minimum atomic E-state index is 1.06. The average Bonchev–Trinajstić information content (AvgIpc) is 2.56. The van der Waals surface area contributed by atoms with Gasteiger partial charge in [0.2, 0.25) is 0 Å². The van der Waals surface area contributed by atoms with Crippen LogP contribution >= 0.6 is 11.3 Å². The number of aromatic nitrogens is 2. The Hall–Kier alpha value is -1.48. The number of rotatable bonds is 0. The van der Waals surface area contributed by atoms with E-state index >= 15 is 0 Å². The number of hydrogen-bond donors (Lipinski definition) is 0. The molecular formula is C11H8N2S. The zero-order valence-electron chi connectivity index (χ0n) is 7.69. The summed E-state index contributed by atoms with van der Waals surface area (Å²) >= 11 is 1.77. The molecule has 3 aromatic rings. The molecule has 0 aliphatic heterocycles. The molecule has 0 spiro atoms. The lowest BCUT2D eigenvalue weighted by atomic mass is 10.2. The van der Waals surface area contributed by atoms with Gasteiger partial charge in [0.25, 0.3) is 0 Å². The third kappa shape index (κ3) is 1.02. The second kappa shape index (κ2) is 2.75. The summed E-state index contributed by atoms with van der Waals surface area (Å²) in [5.74, 6) is 0. The number of hydrogen-bond acceptors (Lipinski definition) is 3. The number of fused-ring (bicyclic) bond motifs is 3. The molecule has 0 aliphatic carbocycles. The summed E-state index contributed by atoms with van der Waals surface area (Å²) < 4.78 is 2.49. The maximum Gasteiger partial charge on any atom is 0.0907 e. The molecule has 0 atom stereocenters. The molecule has 0 aliphatic rings. The van der Waals surface area contributed by atoms with Gasteiger partial charge < -0.3 is 0 Å². The van der Waals surface area contributed by atoms with Crippen LogP contribution in [0.2, 0.25) is 0 Å². The summed E-state index contributed by atoms with van der Waals surface area (Å²) in [5, 5.41) is 1.16. The van der Waals surface area contributed by atoms with Crippen molar-refractivity contribution in [2.24, 2.45) is 0 Å².